The van der Waals surface area contributed by atoms with Gasteiger partial charge in [0.25, 0.3) is 5.91 Å². The summed E-state index contributed by atoms with van der Waals surface area (Å²) in [5.41, 5.74) is -0.884. The summed E-state index contributed by atoms with van der Waals surface area (Å²) in [4.78, 5) is 22.1. The van der Waals surface area contributed by atoms with Crippen molar-refractivity contribution in [1.82, 2.24) is 0 Å². The molecule has 0 aromatic heterocycles. The first-order valence-corrected chi connectivity index (χ1v) is 4.12. The highest BCUT2D eigenvalue weighted by atomic mass is 16.5. The molecule has 1 amide bonds. The fourth-order valence-electron chi connectivity index (χ4n) is 1.20. The Bertz CT molecular complexity index is 402. The van der Waals surface area contributed by atoms with Gasteiger partial charge in [0, 0.05) is 0 Å². The van der Waals surface area contributed by atoms with Crippen LogP contribution in [0.4, 0.5) is 5.69 Å². The number of anilines is 1. The lowest BCUT2D eigenvalue weighted by Crippen LogP contribution is -2.49. The zero-order chi connectivity index (χ0) is 10.2. The molecule has 1 aromatic rings. The van der Waals surface area contributed by atoms with Crippen molar-refractivity contribution in [2.75, 3.05) is 5.32 Å². The first kappa shape index (κ1) is 8.74. The fraction of sp³-hybridized carbons (Fsp3) is 0.200. The van der Waals surface area contributed by atoms with E-state index in [0.717, 1.165) is 0 Å². The van der Waals surface area contributed by atoms with Crippen LogP contribution in [0.1, 0.15) is 6.92 Å². The van der Waals surface area contributed by atoms with Gasteiger partial charge in [-0.1, -0.05) is 6.07 Å². The molecule has 71 valence electrons. The molecule has 1 aromatic carbocycles. The van der Waals surface area contributed by atoms with Gasteiger partial charge in [0.2, 0.25) is 5.60 Å². The molecule has 0 fully saturated rings. The summed E-state index contributed by atoms with van der Waals surface area (Å²) in [7, 11) is 0. The number of benzene rings is 1. The minimum atomic E-state index is -1.42. The summed E-state index contributed by atoms with van der Waals surface area (Å²) in [5, 5.41) is 2.57. The van der Waals surface area contributed by atoms with Crippen LogP contribution in [0.5, 0.6) is 5.75 Å². The Morgan fingerprint density at radius 3 is 3.14 bits per heavy atom. The van der Waals surface area contributed by atoms with E-state index < -0.39 is 11.5 Å². The maximum Gasteiger partial charge on any atom is 0.275 e. The molecule has 4 heteroatoms. The lowest BCUT2D eigenvalue weighted by atomic mass is 10.1. The van der Waals surface area contributed by atoms with Gasteiger partial charge in [0.05, 0.1) is 5.69 Å². The summed E-state index contributed by atoms with van der Waals surface area (Å²) < 4.78 is 5.28. The van der Waals surface area contributed by atoms with E-state index in [1.54, 1.807) is 18.2 Å². The molecule has 2 rings (SSSR count). The maximum atomic E-state index is 11.4. The van der Waals surface area contributed by atoms with E-state index in [-0.39, 0.29) is 0 Å². The van der Waals surface area contributed by atoms with E-state index in [1.807, 2.05) is 0 Å². The number of carbonyl (C=O) groups is 2. The molecule has 1 heterocycles. The molecule has 1 atom stereocenters. The van der Waals surface area contributed by atoms with Crippen molar-refractivity contribution in [3.63, 3.8) is 0 Å². The van der Waals surface area contributed by atoms with E-state index >= 15 is 0 Å². The monoisotopic (exact) mass is 190 g/mol. The van der Waals surface area contributed by atoms with Crippen molar-refractivity contribution in [3.8, 4) is 5.75 Å². The second-order valence-corrected chi connectivity index (χ2v) is 3.20. The third-order valence-corrected chi connectivity index (χ3v) is 2.07. The summed E-state index contributed by atoms with van der Waals surface area (Å²) in [5.74, 6) is 0.0255. The highest BCUT2D eigenvalue weighted by molar-refractivity contribution is 6.09. The van der Waals surface area contributed by atoms with Crippen LogP contribution in [0.15, 0.2) is 18.2 Å². The van der Waals surface area contributed by atoms with Gasteiger partial charge in [-0.15, -0.1) is 0 Å². The second kappa shape index (κ2) is 2.83. The number of rotatable bonds is 1. The summed E-state index contributed by atoms with van der Waals surface area (Å²) in [6.45, 7) is 1.43. The van der Waals surface area contributed by atoms with Gasteiger partial charge in [-0.05, 0) is 25.1 Å². The number of hydrogen-bond donors (Lipinski definition) is 1. The lowest BCUT2D eigenvalue weighted by molar-refractivity contribution is -0.138. The Morgan fingerprint density at radius 2 is 2.43 bits per heavy atom. The van der Waals surface area contributed by atoms with Gasteiger partial charge >= 0.3 is 0 Å². The quantitative estimate of drug-likeness (QED) is 0.525. The van der Waals surface area contributed by atoms with Crippen molar-refractivity contribution in [2.45, 2.75) is 12.5 Å². The van der Waals surface area contributed by atoms with Crippen LogP contribution in [-0.2, 0) is 9.59 Å². The Kier molecular flexibility index (Phi) is 1.77. The summed E-state index contributed by atoms with van der Waals surface area (Å²) >= 11 is 0. The number of fused-ring (bicyclic) bond motifs is 1. The van der Waals surface area contributed by atoms with Gasteiger partial charge in [-0.3, -0.25) is 9.59 Å². The second-order valence-electron chi connectivity index (χ2n) is 3.20. The van der Waals surface area contributed by atoms with Crippen LogP contribution >= 0.6 is 0 Å². The van der Waals surface area contributed by atoms with Crippen molar-refractivity contribution in [3.05, 3.63) is 24.3 Å². The molecular formula is C10H8NO3. The molecule has 0 saturated carbocycles. The Balaban J connectivity index is 2.45. The summed E-state index contributed by atoms with van der Waals surface area (Å²) in [6.07, 6.45) is 0.488. The largest absolute Gasteiger partial charge is 0.468 e. The lowest BCUT2D eigenvalue weighted by Gasteiger charge is -2.29. The minimum absolute atomic E-state index is 0.459. The predicted octanol–water partition coefficient (Wildman–Crippen LogP) is 0.775. The van der Waals surface area contributed by atoms with Crippen LogP contribution in [0.3, 0.4) is 0 Å². The number of hydrogen-bond acceptors (Lipinski definition) is 3. The maximum absolute atomic E-state index is 11.4. The van der Waals surface area contributed by atoms with Crippen LogP contribution < -0.4 is 10.1 Å². The topological polar surface area (TPSA) is 55.4 Å². The van der Waals surface area contributed by atoms with Crippen molar-refractivity contribution >= 4 is 17.9 Å². The number of carbonyl (C=O) groups excluding carboxylic acids is 2. The van der Waals surface area contributed by atoms with Gasteiger partial charge in [0.15, 0.2) is 6.29 Å². The predicted molar refractivity (Wildman–Crippen MR) is 49.0 cm³/mol. The molecule has 4 nitrogen and oxygen atoms in total. The van der Waals surface area contributed by atoms with Gasteiger partial charge in [-0.25, -0.2) is 0 Å². The van der Waals surface area contributed by atoms with Crippen molar-refractivity contribution in [2.24, 2.45) is 0 Å². The zero-order valence-corrected chi connectivity index (χ0v) is 7.53. The van der Waals surface area contributed by atoms with Crippen LogP contribution in [0.2, 0.25) is 0 Å². The van der Waals surface area contributed by atoms with Gasteiger partial charge in [-0.2, -0.15) is 0 Å². The normalized spacial score (nSPS) is 24.5. The van der Waals surface area contributed by atoms with Crippen molar-refractivity contribution < 1.29 is 14.3 Å². The highest BCUT2D eigenvalue weighted by Crippen LogP contribution is 2.31. The van der Waals surface area contributed by atoms with Gasteiger partial charge < -0.3 is 10.1 Å². The van der Waals surface area contributed by atoms with E-state index in [0.29, 0.717) is 17.7 Å². The molecule has 14 heavy (non-hydrogen) atoms. The first-order valence-electron chi connectivity index (χ1n) is 4.12. The molecule has 1 radical (unpaired) electrons. The smallest absolute Gasteiger partial charge is 0.275 e. The van der Waals surface area contributed by atoms with E-state index in [9.17, 15) is 9.59 Å². The van der Waals surface area contributed by atoms with E-state index in [1.165, 1.54) is 6.92 Å². The molecule has 0 aliphatic carbocycles. The molecule has 1 aliphatic rings. The highest BCUT2D eigenvalue weighted by Gasteiger charge is 2.39. The standard InChI is InChI=1S/C10H8NO3/c1-10(6-12)9(13)11-7-4-2-3-5-8(7)14-10/h3-6H,1H3,(H,11,13). The summed E-state index contributed by atoms with van der Waals surface area (Å²) in [6, 6.07) is 7.70. The van der Waals surface area contributed by atoms with Crippen LogP contribution in [0, 0.1) is 6.07 Å². The number of ether oxygens (including phenoxy) is 1. The van der Waals surface area contributed by atoms with Crippen LogP contribution in [0.25, 0.3) is 0 Å². The molecular weight excluding hydrogens is 182 g/mol. The third-order valence-electron chi connectivity index (χ3n) is 2.07. The molecule has 1 unspecified atom stereocenters. The Morgan fingerprint density at radius 1 is 1.64 bits per heavy atom. The number of amides is 1. The van der Waals surface area contributed by atoms with Gasteiger partial charge in [0.1, 0.15) is 5.75 Å². The van der Waals surface area contributed by atoms with E-state index in [4.69, 9.17) is 4.74 Å². The van der Waals surface area contributed by atoms with E-state index in [2.05, 4.69) is 11.4 Å². The van der Waals surface area contributed by atoms with Crippen molar-refractivity contribution in [1.29, 1.82) is 0 Å². The average Bonchev–Trinajstić information content (AvgIpc) is 2.20. The third kappa shape index (κ3) is 1.16. The number of aldehydes is 1. The Hall–Kier alpha value is -1.84. The SMILES string of the molecule is CC1(C=O)Oc2cc[c]cc2NC1=O. The number of nitrogens with one attached hydrogen (secondary N) is 1. The molecule has 1 aliphatic heterocycles. The molecule has 1 N–H and O–H groups in total. The molecule has 0 saturated heterocycles. The minimum Gasteiger partial charge on any atom is -0.468 e. The zero-order valence-electron chi connectivity index (χ0n) is 7.53. The molecule has 0 spiro atoms. The Labute approximate surface area is 80.9 Å². The van der Waals surface area contributed by atoms with Crippen LogP contribution in [-0.4, -0.2) is 17.8 Å². The fourth-order valence-corrected chi connectivity index (χ4v) is 1.20. The average molecular weight is 190 g/mol. The molecule has 0 bridgehead atoms. The first-order chi connectivity index (χ1) is 6.65.